The van der Waals surface area contributed by atoms with Crippen LogP contribution in [-0.2, 0) is 19.5 Å². The number of aromatic nitrogens is 1. The molecule has 1 aromatic carbocycles. The molecule has 1 atom stereocenters. The summed E-state index contributed by atoms with van der Waals surface area (Å²) in [7, 11) is 0. The van der Waals surface area contributed by atoms with Crippen molar-refractivity contribution >= 4 is 17.3 Å². The summed E-state index contributed by atoms with van der Waals surface area (Å²) >= 11 is 1.73. The van der Waals surface area contributed by atoms with E-state index in [0.29, 0.717) is 12.6 Å². The average Bonchev–Trinajstić information content (AvgIpc) is 3.00. The van der Waals surface area contributed by atoms with E-state index in [4.69, 9.17) is 4.99 Å². The Labute approximate surface area is 166 Å². The van der Waals surface area contributed by atoms with Crippen LogP contribution in [0.15, 0.2) is 29.3 Å². The zero-order valence-corrected chi connectivity index (χ0v) is 17.7. The van der Waals surface area contributed by atoms with Gasteiger partial charge in [0.15, 0.2) is 5.96 Å². The van der Waals surface area contributed by atoms with Crippen LogP contribution in [0.1, 0.15) is 40.6 Å². The molecule has 2 aromatic rings. The van der Waals surface area contributed by atoms with E-state index in [1.54, 1.807) is 11.3 Å². The Morgan fingerprint density at radius 2 is 2.04 bits per heavy atom. The quantitative estimate of drug-likeness (QED) is 0.592. The van der Waals surface area contributed by atoms with Gasteiger partial charge in [-0.25, -0.2) is 9.98 Å². The summed E-state index contributed by atoms with van der Waals surface area (Å²) in [6, 6.07) is 9.26. The molecule has 3 rings (SSSR count). The van der Waals surface area contributed by atoms with E-state index in [0.717, 1.165) is 49.3 Å². The van der Waals surface area contributed by atoms with Crippen LogP contribution in [0.5, 0.6) is 0 Å². The van der Waals surface area contributed by atoms with Crippen LogP contribution in [0.2, 0.25) is 0 Å². The Hall–Kier alpha value is -1.92. The number of benzene rings is 1. The molecule has 0 fully saturated rings. The Bertz CT molecular complexity index is 783. The summed E-state index contributed by atoms with van der Waals surface area (Å²) in [5, 5.41) is 7.98. The maximum atomic E-state index is 4.76. The third kappa shape index (κ3) is 5.30. The van der Waals surface area contributed by atoms with Crippen molar-refractivity contribution in [3.8, 4) is 0 Å². The second kappa shape index (κ2) is 9.33. The Morgan fingerprint density at radius 3 is 2.74 bits per heavy atom. The van der Waals surface area contributed by atoms with Gasteiger partial charge in [0.05, 0.1) is 17.2 Å². The summed E-state index contributed by atoms with van der Waals surface area (Å²) in [4.78, 5) is 13.0. The fourth-order valence-corrected chi connectivity index (χ4v) is 4.34. The van der Waals surface area contributed by atoms with Gasteiger partial charge in [-0.05, 0) is 45.2 Å². The zero-order chi connectivity index (χ0) is 19.2. The van der Waals surface area contributed by atoms with Crippen LogP contribution >= 0.6 is 11.3 Å². The number of hydrogen-bond donors (Lipinski definition) is 2. The normalized spacial score (nSPS) is 16.1. The molecule has 2 heterocycles. The molecule has 5 nitrogen and oxygen atoms in total. The lowest BCUT2D eigenvalue weighted by atomic mass is 9.99. The molecule has 1 unspecified atom stereocenters. The van der Waals surface area contributed by atoms with Crippen LogP contribution in [0.3, 0.4) is 0 Å². The van der Waals surface area contributed by atoms with E-state index in [1.807, 2.05) is 6.92 Å². The number of thiazole rings is 1. The molecule has 6 heteroatoms. The van der Waals surface area contributed by atoms with Crippen molar-refractivity contribution in [1.82, 2.24) is 20.5 Å². The Morgan fingerprint density at radius 1 is 1.26 bits per heavy atom. The first-order valence-electron chi connectivity index (χ1n) is 9.82. The van der Waals surface area contributed by atoms with Gasteiger partial charge < -0.3 is 10.6 Å². The van der Waals surface area contributed by atoms with E-state index >= 15 is 0 Å². The minimum absolute atomic E-state index is 0.453. The van der Waals surface area contributed by atoms with Crippen LogP contribution in [0, 0.1) is 13.8 Å². The monoisotopic (exact) mass is 385 g/mol. The SMILES string of the molecule is CCNC(=NCc1sc(C)nc1C)NCC(C)N1CCc2ccccc2C1. The van der Waals surface area contributed by atoms with Gasteiger partial charge >= 0.3 is 0 Å². The molecule has 0 spiro atoms. The van der Waals surface area contributed by atoms with Crippen LogP contribution in [-0.4, -0.2) is 41.5 Å². The fourth-order valence-electron chi connectivity index (χ4n) is 3.48. The van der Waals surface area contributed by atoms with Gasteiger partial charge in [-0.2, -0.15) is 0 Å². The summed E-state index contributed by atoms with van der Waals surface area (Å²) in [6.45, 7) is 13.1. The van der Waals surface area contributed by atoms with Crippen molar-refractivity contribution in [3.05, 3.63) is 51.0 Å². The van der Waals surface area contributed by atoms with Crippen LogP contribution in [0.4, 0.5) is 0 Å². The smallest absolute Gasteiger partial charge is 0.191 e. The van der Waals surface area contributed by atoms with Gasteiger partial charge in [0, 0.05) is 37.1 Å². The van der Waals surface area contributed by atoms with Gasteiger partial charge in [-0.15, -0.1) is 11.3 Å². The van der Waals surface area contributed by atoms with Crippen molar-refractivity contribution in [2.75, 3.05) is 19.6 Å². The summed E-state index contributed by atoms with van der Waals surface area (Å²) in [6.07, 6.45) is 1.14. The van der Waals surface area contributed by atoms with E-state index in [9.17, 15) is 0 Å². The highest BCUT2D eigenvalue weighted by Gasteiger charge is 2.20. The van der Waals surface area contributed by atoms with Crippen LogP contribution in [0.25, 0.3) is 0 Å². The van der Waals surface area contributed by atoms with Gasteiger partial charge in [-0.1, -0.05) is 24.3 Å². The molecule has 0 radical (unpaired) electrons. The zero-order valence-electron chi connectivity index (χ0n) is 16.9. The van der Waals surface area contributed by atoms with Crippen molar-refractivity contribution in [2.24, 2.45) is 4.99 Å². The lowest BCUT2D eigenvalue weighted by Gasteiger charge is -2.34. The van der Waals surface area contributed by atoms with Crippen molar-refractivity contribution in [2.45, 2.75) is 53.2 Å². The molecule has 0 aliphatic carbocycles. The lowest BCUT2D eigenvalue weighted by Crippen LogP contribution is -2.47. The summed E-state index contributed by atoms with van der Waals surface area (Å²) < 4.78 is 0. The lowest BCUT2D eigenvalue weighted by molar-refractivity contribution is 0.191. The standard InChI is InChI=1S/C21H31N5S/c1-5-22-21(24-13-20-16(3)25-17(4)27-20)23-12-15(2)26-11-10-18-8-6-7-9-19(18)14-26/h6-9,15H,5,10-14H2,1-4H3,(H2,22,23,24). The molecular formula is C21H31N5S. The third-order valence-corrected chi connectivity index (χ3v) is 6.13. The number of aliphatic imine (C=N–C) groups is 1. The number of nitrogens with zero attached hydrogens (tertiary/aromatic N) is 3. The maximum Gasteiger partial charge on any atom is 0.191 e. The molecule has 1 aromatic heterocycles. The van der Waals surface area contributed by atoms with E-state index < -0.39 is 0 Å². The molecular weight excluding hydrogens is 354 g/mol. The largest absolute Gasteiger partial charge is 0.357 e. The highest BCUT2D eigenvalue weighted by molar-refractivity contribution is 7.11. The van der Waals surface area contributed by atoms with E-state index in [2.05, 4.69) is 65.6 Å². The maximum absolute atomic E-state index is 4.76. The first-order valence-corrected chi connectivity index (χ1v) is 10.6. The molecule has 0 saturated heterocycles. The first kappa shape index (κ1) is 19.8. The second-order valence-electron chi connectivity index (χ2n) is 7.16. The average molecular weight is 386 g/mol. The van der Waals surface area contributed by atoms with Crippen molar-refractivity contribution in [3.63, 3.8) is 0 Å². The minimum Gasteiger partial charge on any atom is -0.357 e. The second-order valence-corrected chi connectivity index (χ2v) is 8.44. The molecule has 1 aliphatic heterocycles. The van der Waals surface area contributed by atoms with E-state index in [1.165, 1.54) is 16.0 Å². The van der Waals surface area contributed by atoms with Gasteiger partial charge in [0.2, 0.25) is 0 Å². The van der Waals surface area contributed by atoms with Gasteiger partial charge in [0.25, 0.3) is 0 Å². The third-order valence-electron chi connectivity index (χ3n) is 5.07. The number of hydrogen-bond acceptors (Lipinski definition) is 4. The fraction of sp³-hybridized carbons (Fsp3) is 0.524. The molecule has 1 aliphatic rings. The topological polar surface area (TPSA) is 52.6 Å². The molecule has 27 heavy (non-hydrogen) atoms. The van der Waals surface area contributed by atoms with Crippen molar-refractivity contribution < 1.29 is 0 Å². The summed E-state index contributed by atoms with van der Waals surface area (Å²) in [5.74, 6) is 0.882. The predicted octanol–water partition coefficient (Wildman–Crippen LogP) is 3.26. The minimum atomic E-state index is 0.453. The highest BCUT2D eigenvalue weighted by atomic mass is 32.1. The Balaban J connectivity index is 1.56. The van der Waals surface area contributed by atoms with E-state index in [-0.39, 0.29) is 0 Å². The molecule has 0 amide bonds. The first-order chi connectivity index (χ1) is 13.1. The number of fused-ring (bicyclic) bond motifs is 1. The predicted molar refractivity (Wildman–Crippen MR) is 114 cm³/mol. The number of nitrogens with one attached hydrogen (secondary N) is 2. The Kier molecular flexibility index (Phi) is 6.85. The highest BCUT2D eigenvalue weighted by Crippen LogP contribution is 2.20. The molecule has 0 bridgehead atoms. The molecule has 146 valence electrons. The number of guanidine groups is 1. The van der Waals surface area contributed by atoms with Gasteiger partial charge in [-0.3, -0.25) is 4.90 Å². The molecule has 2 N–H and O–H groups in total. The van der Waals surface area contributed by atoms with Crippen LogP contribution < -0.4 is 10.6 Å². The summed E-state index contributed by atoms with van der Waals surface area (Å²) in [5.41, 5.74) is 4.06. The van der Waals surface area contributed by atoms with Crippen molar-refractivity contribution in [1.29, 1.82) is 0 Å². The van der Waals surface area contributed by atoms with Gasteiger partial charge in [0.1, 0.15) is 0 Å². The molecule has 0 saturated carbocycles. The number of aryl methyl sites for hydroxylation is 2. The number of rotatable bonds is 6.